The molecule has 1 amide bonds. The Morgan fingerprint density at radius 2 is 2.15 bits per heavy atom. The van der Waals surface area contributed by atoms with Crippen LogP contribution in [0.1, 0.15) is 20.9 Å². The maximum absolute atomic E-state index is 12.8. The molecule has 6 heteroatoms. The predicted octanol–water partition coefficient (Wildman–Crippen LogP) is 3.86. The van der Waals surface area contributed by atoms with Crippen LogP contribution in [-0.4, -0.2) is 34.0 Å². The van der Waals surface area contributed by atoms with Gasteiger partial charge in [-0.2, -0.15) is 0 Å². The summed E-state index contributed by atoms with van der Waals surface area (Å²) in [7, 11) is 0. The summed E-state index contributed by atoms with van der Waals surface area (Å²) in [4.78, 5) is 20.9. The second-order valence-corrected chi connectivity index (χ2v) is 7.47. The number of hydrogen-bond donors (Lipinski definition) is 1. The molecule has 0 bridgehead atoms. The molecule has 1 N–H and O–H groups in total. The van der Waals surface area contributed by atoms with Crippen molar-refractivity contribution in [2.75, 3.05) is 13.2 Å². The topological polar surface area (TPSA) is 62.7 Å². The number of rotatable bonds is 2. The molecule has 1 aromatic carbocycles. The molecule has 3 aromatic rings. The van der Waals surface area contributed by atoms with Gasteiger partial charge in [-0.05, 0) is 48.9 Å². The Labute approximate surface area is 155 Å². The highest BCUT2D eigenvalue weighted by Gasteiger charge is 2.24. The van der Waals surface area contributed by atoms with E-state index in [4.69, 9.17) is 4.74 Å². The van der Waals surface area contributed by atoms with Gasteiger partial charge in [-0.15, -0.1) is 11.3 Å². The number of hydrogen-bond acceptors (Lipinski definition) is 5. The Bertz CT molecular complexity index is 953. The SMILES string of the molecule is Cc1ccc(-c2cc(O)c3c(c2)CN(C(=O)c2ccccn2)CCO3)s1. The number of aromatic hydroxyl groups is 1. The van der Waals surface area contributed by atoms with E-state index >= 15 is 0 Å². The number of aromatic nitrogens is 1. The molecule has 0 spiro atoms. The van der Waals surface area contributed by atoms with Crippen LogP contribution in [0.25, 0.3) is 10.4 Å². The van der Waals surface area contributed by atoms with Gasteiger partial charge in [-0.25, -0.2) is 0 Å². The molecule has 0 saturated heterocycles. The van der Waals surface area contributed by atoms with Gasteiger partial charge in [0.2, 0.25) is 0 Å². The van der Waals surface area contributed by atoms with Crippen molar-refractivity contribution in [3.8, 4) is 21.9 Å². The maximum atomic E-state index is 12.8. The van der Waals surface area contributed by atoms with Gasteiger partial charge in [0.1, 0.15) is 12.3 Å². The molecule has 0 atom stereocenters. The number of carbonyl (C=O) groups is 1. The number of amides is 1. The first-order valence-corrected chi connectivity index (χ1v) is 9.19. The molecular formula is C20H18N2O3S. The quantitative estimate of drug-likeness (QED) is 0.748. The number of nitrogens with zero attached hydrogens (tertiary/aromatic N) is 2. The van der Waals surface area contributed by atoms with Crippen molar-refractivity contribution in [2.45, 2.75) is 13.5 Å². The number of pyridine rings is 1. The van der Waals surface area contributed by atoms with Gasteiger partial charge in [0.05, 0.1) is 6.54 Å². The Kier molecular flexibility index (Phi) is 4.34. The number of thiophene rings is 1. The maximum Gasteiger partial charge on any atom is 0.272 e. The van der Waals surface area contributed by atoms with Crippen molar-refractivity contribution in [3.63, 3.8) is 0 Å². The van der Waals surface area contributed by atoms with Crippen molar-refractivity contribution in [1.29, 1.82) is 0 Å². The molecule has 1 aliphatic rings. The third-order valence-corrected chi connectivity index (χ3v) is 5.36. The molecule has 2 aromatic heterocycles. The molecule has 0 saturated carbocycles. The molecule has 132 valence electrons. The zero-order valence-corrected chi connectivity index (χ0v) is 15.1. The summed E-state index contributed by atoms with van der Waals surface area (Å²) < 4.78 is 5.73. The van der Waals surface area contributed by atoms with E-state index in [-0.39, 0.29) is 11.7 Å². The smallest absolute Gasteiger partial charge is 0.272 e. The number of ether oxygens (including phenoxy) is 1. The second kappa shape index (κ2) is 6.80. The summed E-state index contributed by atoms with van der Waals surface area (Å²) in [6.07, 6.45) is 1.61. The Morgan fingerprint density at radius 1 is 1.27 bits per heavy atom. The standard InChI is InChI=1S/C20H18N2O3S/c1-13-5-6-18(26-13)14-10-15-12-22(8-9-25-19(15)17(23)11-14)20(24)16-4-2-3-7-21-16/h2-7,10-11,23H,8-9,12H2,1H3. The predicted molar refractivity (Wildman–Crippen MR) is 101 cm³/mol. The highest BCUT2D eigenvalue weighted by Crippen LogP contribution is 2.39. The van der Waals surface area contributed by atoms with E-state index in [1.807, 2.05) is 19.1 Å². The molecule has 26 heavy (non-hydrogen) atoms. The molecule has 4 rings (SSSR count). The number of phenolic OH excluding ortho intramolecular Hbond substituents is 1. The van der Waals surface area contributed by atoms with E-state index in [1.54, 1.807) is 46.7 Å². The van der Waals surface area contributed by atoms with Crippen LogP contribution in [0.15, 0.2) is 48.7 Å². The summed E-state index contributed by atoms with van der Waals surface area (Å²) in [6, 6.07) is 13.1. The lowest BCUT2D eigenvalue weighted by molar-refractivity contribution is 0.0727. The molecule has 3 heterocycles. The van der Waals surface area contributed by atoms with Crippen LogP contribution in [-0.2, 0) is 6.54 Å². The van der Waals surface area contributed by atoms with Crippen molar-refractivity contribution in [1.82, 2.24) is 9.88 Å². The fraction of sp³-hybridized carbons (Fsp3) is 0.200. The Morgan fingerprint density at radius 3 is 2.88 bits per heavy atom. The van der Waals surface area contributed by atoms with Crippen molar-refractivity contribution >= 4 is 17.2 Å². The van der Waals surface area contributed by atoms with Crippen LogP contribution in [0.2, 0.25) is 0 Å². The number of phenols is 1. The van der Waals surface area contributed by atoms with E-state index in [1.165, 1.54) is 4.88 Å². The minimum absolute atomic E-state index is 0.107. The zero-order chi connectivity index (χ0) is 18.1. The average molecular weight is 366 g/mol. The third-order valence-electron chi connectivity index (χ3n) is 4.31. The van der Waals surface area contributed by atoms with E-state index < -0.39 is 0 Å². The summed E-state index contributed by atoms with van der Waals surface area (Å²) in [5.74, 6) is 0.424. The lowest BCUT2D eigenvalue weighted by Gasteiger charge is -2.19. The molecule has 0 radical (unpaired) electrons. The van der Waals surface area contributed by atoms with Gasteiger partial charge in [0.25, 0.3) is 5.91 Å². The van der Waals surface area contributed by atoms with Crippen LogP contribution >= 0.6 is 11.3 Å². The van der Waals surface area contributed by atoms with Gasteiger partial charge in [0, 0.05) is 28.1 Å². The first kappa shape index (κ1) is 16.6. The molecule has 5 nitrogen and oxygen atoms in total. The average Bonchev–Trinajstić information content (AvgIpc) is 2.97. The number of aryl methyl sites for hydroxylation is 1. The number of fused-ring (bicyclic) bond motifs is 1. The van der Waals surface area contributed by atoms with E-state index in [9.17, 15) is 9.90 Å². The van der Waals surface area contributed by atoms with Crippen molar-refractivity contribution < 1.29 is 14.6 Å². The Hall–Kier alpha value is -2.86. The number of carbonyl (C=O) groups excluding carboxylic acids is 1. The zero-order valence-electron chi connectivity index (χ0n) is 14.3. The number of benzene rings is 1. The summed E-state index contributed by atoms with van der Waals surface area (Å²) in [5.41, 5.74) is 2.13. The Balaban J connectivity index is 1.69. The van der Waals surface area contributed by atoms with E-state index in [0.717, 1.165) is 16.0 Å². The van der Waals surface area contributed by atoms with Gasteiger partial charge in [-0.1, -0.05) is 6.07 Å². The van der Waals surface area contributed by atoms with Crippen molar-refractivity contribution in [2.24, 2.45) is 0 Å². The first-order chi connectivity index (χ1) is 12.6. The molecule has 0 aliphatic carbocycles. The highest BCUT2D eigenvalue weighted by molar-refractivity contribution is 7.15. The van der Waals surface area contributed by atoms with Crippen LogP contribution in [0, 0.1) is 6.92 Å². The summed E-state index contributed by atoms with van der Waals surface area (Å²) >= 11 is 1.67. The van der Waals surface area contributed by atoms with Crippen LogP contribution in [0.5, 0.6) is 11.5 Å². The molecule has 0 fully saturated rings. The highest BCUT2D eigenvalue weighted by atomic mass is 32.1. The fourth-order valence-corrected chi connectivity index (χ4v) is 3.91. The fourth-order valence-electron chi connectivity index (χ4n) is 3.06. The monoisotopic (exact) mass is 366 g/mol. The van der Waals surface area contributed by atoms with Crippen molar-refractivity contribution in [3.05, 3.63) is 64.8 Å². The first-order valence-electron chi connectivity index (χ1n) is 8.37. The van der Waals surface area contributed by atoms with Crippen LogP contribution < -0.4 is 4.74 Å². The minimum Gasteiger partial charge on any atom is -0.504 e. The van der Waals surface area contributed by atoms with Gasteiger partial charge in [0.15, 0.2) is 11.5 Å². The summed E-state index contributed by atoms with van der Waals surface area (Å²) in [5, 5.41) is 10.4. The second-order valence-electron chi connectivity index (χ2n) is 6.18. The summed E-state index contributed by atoms with van der Waals surface area (Å²) in [6.45, 7) is 3.19. The molecule has 1 aliphatic heterocycles. The minimum atomic E-state index is -0.140. The van der Waals surface area contributed by atoms with Gasteiger partial charge >= 0.3 is 0 Å². The van der Waals surface area contributed by atoms with Crippen LogP contribution in [0.3, 0.4) is 0 Å². The largest absolute Gasteiger partial charge is 0.504 e. The van der Waals surface area contributed by atoms with Gasteiger partial charge in [-0.3, -0.25) is 9.78 Å². The third kappa shape index (κ3) is 3.15. The van der Waals surface area contributed by atoms with E-state index in [2.05, 4.69) is 11.1 Å². The van der Waals surface area contributed by atoms with E-state index in [0.29, 0.717) is 31.1 Å². The van der Waals surface area contributed by atoms with Gasteiger partial charge < -0.3 is 14.7 Å². The lowest BCUT2D eigenvalue weighted by atomic mass is 10.1. The van der Waals surface area contributed by atoms with Crippen LogP contribution in [0.4, 0.5) is 0 Å². The normalized spacial score (nSPS) is 13.7. The molecular weight excluding hydrogens is 348 g/mol. The molecule has 0 unspecified atom stereocenters. The lowest BCUT2D eigenvalue weighted by Crippen LogP contribution is -2.32.